The third-order valence-corrected chi connectivity index (χ3v) is 3.02. The third-order valence-electron chi connectivity index (χ3n) is 2.38. The minimum atomic E-state index is -0.626. The largest absolute Gasteiger partial charge is 0.458 e. The van der Waals surface area contributed by atoms with Gasteiger partial charge in [0.1, 0.15) is 12.2 Å². The normalized spacial score (nSPS) is 33.5. The monoisotopic (exact) mass is 250 g/mol. The van der Waals surface area contributed by atoms with Crippen LogP contribution in [0.4, 0.5) is 0 Å². The van der Waals surface area contributed by atoms with Crippen molar-refractivity contribution in [3.05, 3.63) is 0 Å². The molecule has 0 aromatic rings. The van der Waals surface area contributed by atoms with Crippen molar-refractivity contribution in [1.82, 2.24) is 0 Å². The van der Waals surface area contributed by atoms with E-state index < -0.39 is 6.10 Å². The fraction of sp³-hybridized carbons (Fsp3) is 0.889. The second-order valence-corrected chi connectivity index (χ2v) is 4.02. The van der Waals surface area contributed by atoms with Gasteiger partial charge in [0.25, 0.3) is 0 Å². The lowest BCUT2D eigenvalue weighted by Gasteiger charge is -2.12. The molecule has 0 aromatic heterocycles. The molecule has 1 aliphatic heterocycles. The average molecular weight is 251 g/mol. The number of alkyl halides is 1. The van der Waals surface area contributed by atoms with Crippen molar-refractivity contribution in [3.8, 4) is 0 Å². The molecule has 0 amide bonds. The van der Waals surface area contributed by atoms with Crippen molar-refractivity contribution in [2.24, 2.45) is 5.92 Å². The van der Waals surface area contributed by atoms with Gasteiger partial charge in [-0.05, 0) is 6.42 Å². The van der Waals surface area contributed by atoms with Crippen LogP contribution >= 0.6 is 15.9 Å². The Labute approximate surface area is 86.6 Å². The summed E-state index contributed by atoms with van der Waals surface area (Å²) < 4.78 is 5.00. The quantitative estimate of drug-likeness (QED) is 0.608. The molecule has 0 bridgehead atoms. The Morgan fingerprint density at radius 1 is 1.62 bits per heavy atom. The Balaban J connectivity index is 2.49. The first-order chi connectivity index (χ1) is 6.20. The van der Waals surface area contributed by atoms with Gasteiger partial charge in [-0.1, -0.05) is 35.7 Å². The fourth-order valence-corrected chi connectivity index (χ4v) is 2.06. The van der Waals surface area contributed by atoms with Crippen molar-refractivity contribution in [2.75, 3.05) is 5.33 Å². The second kappa shape index (κ2) is 4.96. The number of unbranched alkanes of at least 4 members (excludes halogenated alkanes) is 1. The molecule has 1 fully saturated rings. The number of halogens is 1. The minimum absolute atomic E-state index is 0.245. The van der Waals surface area contributed by atoms with Gasteiger partial charge < -0.3 is 9.84 Å². The molecule has 1 heterocycles. The summed E-state index contributed by atoms with van der Waals surface area (Å²) in [6, 6.07) is 0. The van der Waals surface area contributed by atoms with E-state index in [0.717, 1.165) is 19.3 Å². The Kier molecular flexibility index (Phi) is 4.19. The van der Waals surface area contributed by atoms with Crippen LogP contribution in [0.25, 0.3) is 0 Å². The molecular formula is C9H15BrO3. The zero-order valence-electron chi connectivity index (χ0n) is 7.70. The summed E-state index contributed by atoms with van der Waals surface area (Å²) in [6.07, 6.45) is 1.76. The van der Waals surface area contributed by atoms with Crippen LogP contribution < -0.4 is 0 Å². The highest BCUT2D eigenvalue weighted by molar-refractivity contribution is 9.09. The number of ether oxygens (including phenoxy) is 1. The van der Waals surface area contributed by atoms with Crippen molar-refractivity contribution < 1.29 is 14.6 Å². The first-order valence-corrected chi connectivity index (χ1v) is 5.77. The number of esters is 1. The molecule has 4 heteroatoms. The summed E-state index contributed by atoms with van der Waals surface area (Å²) in [4.78, 5) is 11.3. The molecule has 0 radical (unpaired) electrons. The highest BCUT2D eigenvalue weighted by Crippen LogP contribution is 2.27. The van der Waals surface area contributed by atoms with Gasteiger partial charge in [0.15, 0.2) is 0 Å². The number of hydrogen-bond donors (Lipinski definition) is 1. The number of carbonyl (C=O) groups is 1. The number of rotatable bonds is 4. The lowest BCUT2D eigenvalue weighted by molar-refractivity contribution is -0.143. The molecule has 3 atom stereocenters. The molecule has 1 saturated heterocycles. The fourth-order valence-electron chi connectivity index (χ4n) is 1.54. The van der Waals surface area contributed by atoms with E-state index in [-0.39, 0.29) is 18.0 Å². The average Bonchev–Trinajstić information content (AvgIpc) is 2.39. The maximum Gasteiger partial charge on any atom is 0.312 e. The predicted octanol–water partition coefficient (Wildman–Crippen LogP) is 1.47. The van der Waals surface area contributed by atoms with Crippen LogP contribution in [0.2, 0.25) is 0 Å². The first kappa shape index (κ1) is 11.0. The Morgan fingerprint density at radius 2 is 2.31 bits per heavy atom. The Bertz CT molecular complexity index is 184. The van der Waals surface area contributed by atoms with Crippen LogP contribution in [0, 0.1) is 5.92 Å². The third kappa shape index (κ3) is 2.44. The summed E-state index contributed by atoms with van der Waals surface area (Å²) >= 11 is 3.20. The number of aliphatic hydroxyl groups is 1. The van der Waals surface area contributed by atoms with Crippen molar-refractivity contribution in [2.45, 2.75) is 38.4 Å². The van der Waals surface area contributed by atoms with Crippen LogP contribution in [0.15, 0.2) is 0 Å². The van der Waals surface area contributed by atoms with Crippen LogP contribution in [0.1, 0.15) is 26.2 Å². The van der Waals surface area contributed by atoms with Gasteiger partial charge in [0.05, 0.1) is 5.92 Å². The molecule has 0 spiro atoms. The van der Waals surface area contributed by atoms with Crippen molar-refractivity contribution in [3.63, 3.8) is 0 Å². The molecular weight excluding hydrogens is 236 g/mol. The molecule has 76 valence electrons. The number of cyclic esters (lactones) is 1. The summed E-state index contributed by atoms with van der Waals surface area (Å²) in [5.41, 5.74) is 0. The standard InChI is InChI=1S/C9H15BrO3/c1-2-3-4-6-8(11)7(5-10)13-9(6)12/h6-8,11H,2-5H2,1H3/t6-,7+,8+/m0/s1. The summed E-state index contributed by atoms with van der Waals surface area (Å²) in [5.74, 6) is -0.548. The van der Waals surface area contributed by atoms with E-state index in [1.165, 1.54) is 0 Å². The van der Waals surface area contributed by atoms with Gasteiger partial charge in [-0.25, -0.2) is 0 Å². The van der Waals surface area contributed by atoms with Gasteiger partial charge in [-0.2, -0.15) is 0 Å². The highest BCUT2D eigenvalue weighted by atomic mass is 79.9. The first-order valence-electron chi connectivity index (χ1n) is 4.65. The van der Waals surface area contributed by atoms with E-state index >= 15 is 0 Å². The van der Waals surface area contributed by atoms with E-state index in [9.17, 15) is 9.90 Å². The van der Waals surface area contributed by atoms with E-state index in [1.807, 2.05) is 0 Å². The summed E-state index contributed by atoms with van der Waals surface area (Å²) in [7, 11) is 0. The lowest BCUT2D eigenvalue weighted by Crippen LogP contribution is -2.27. The van der Waals surface area contributed by atoms with Crippen molar-refractivity contribution in [1.29, 1.82) is 0 Å². The molecule has 0 saturated carbocycles. The molecule has 13 heavy (non-hydrogen) atoms. The maximum atomic E-state index is 11.3. The lowest BCUT2D eigenvalue weighted by atomic mass is 9.96. The van der Waals surface area contributed by atoms with Crippen LogP contribution in [-0.4, -0.2) is 28.6 Å². The molecule has 0 aromatic carbocycles. The molecule has 1 rings (SSSR count). The van der Waals surface area contributed by atoms with Gasteiger partial charge >= 0.3 is 5.97 Å². The zero-order valence-corrected chi connectivity index (χ0v) is 9.29. The van der Waals surface area contributed by atoms with Crippen molar-refractivity contribution >= 4 is 21.9 Å². The minimum Gasteiger partial charge on any atom is -0.458 e. The molecule has 0 unspecified atom stereocenters. The number of aliphatic hydroxyl groups excluding tert-OH is 1. The van der Waals surface area contributed by atoms with Crippen LogP contribution in [0.5, 0.6) is 0 Å². The van der Waals surface area contributed by atoms with Gasteiger partial charge in [0.2, 0.25) is 0 Å². The number of carbonyl (C=O) groups excluding carboxylic acids is 1. The SMILES string of the molecule is CCCC[C@@H]1C(=O)O[C@H](CBr)[C@@H]1O. The Hall–Kier alpha value is -0.0900. The smallest absolute Gasteiger partial charge is 0.312 e. The topological polar surface area (TPSA) is 46.5 Å². The maximum absolute atomic E-state index is 11.3. The zero-order chi connectivity index (χ0) is 9.84. The molecule has 1 aliphatic rings. The van der Waals surface area contributed by atoms with Gasteiger partial charge in [0, 0.05) is 5.33 Å². The van der Waals surface area contributed by atoms with E-state index in [1.54, 1.807) is 0 Å². The van der Waals surface area contributed by atoms with Gasteiger partial charge in [-0.15, -0.1) is 0 Å². The predicted molar refractivity (Wildman–Crippen MR) is 52.7 cm³/mol. The molecule has 0 aliphatic carbocycles. The summed E-state index contributed by atoms with van der Waals surface area (Å²) in [5, 5.41) is 10.2. The van der Waals surface area contributed by atoms with E-state index in [2.05, 4.69) is 22.9 Å². The summed E-state index contributed by atoms with van der Waals surface area (Å²) in [6.45, 7) is 2.06. The molecule has 1 N–H and O–H groups in total. The van der Waals surface area contributed by atoms with E-state index in [0.29, 0.717) is 5.33 Å². The highest BCUT2D eigenvalue weighted by Gasteiger charge is 2.42. The molecule has 3 nitrogen and oxygen atoms in total. The number of hydrogen-bond acceptors (Lipinski definition) is 3. The van der Waals surface area contributed by atoms with Crippen LogP contribution in [-0.2, 0) is 9.53 Å². The van der Waals surface area contributed by atoms with E-state index in [4.69, 9.17) is 4.74 Å². The van der Waals surface area contributed by atoms with Gasteiger partial charge in [-0.3, -0.25) is 4.79 Å². The Morgan fingerprint density at radius 3 is 2.77 bits per heavy atom. The van der Waals surface area contributed by atoms with Crippen LogP contribution in [0.3, 0.4) is 0 Å². The second-order valence-electron chi connectivity index (χ2n) is 3.37.